The quantitative estimate of drug-likeness (QED) is 0.0244. The fraction of sp³-hybridized carbons (Fsp3) is 0. The molecule has 8 rings (SSSR count). The fourth-order valence-electron chi connectivity index (χ4n) is 7.26. The van der Waals surface area contributed by atoms with Crippen molar-refractivity contribution in [1.82, 2.24) is 0 Å². The molecule has 8 aromatic carbocycles. The van der Waals surface area contributed by atoms with E-state index in [1.807, 2.05) is 0 Å². The third kappa shape index (κ3) is 15.0. The van der Waals surface area contributed by atoms with Gasteiger partial charge in [-0.15, -0.1) is 20.5 Å². The second kappa shape index (κ2) is 23.7. The number of anilines is 2. The van der Waals surface area contributed by atoms with Crippen LogP contribution in [0.15, 0.2) is 204 Å². The van der Waals surface area contributed by atoms with Crippen LogP contribution in [0.2, 0.25) is 0 Å². The van der Waals surface area contributed by atoms with E-state index in [1.165, 1.54) is 24.3 Å². The second-order valence-electron chi connectivity index (χ2n) is 16.5. The first kappa shape index (κ1) is 62.6. The zero-order valence-electron chi connectivity index (χ0n) is 41.1. The van der Waals surface area contributed by atoms with E-state index < -0.39 is 130 Å². The molecule has 425 valence electrons. The molecular formula is C45H32N10NaO21S6. The summed E-state index contributed by atoms with van der Waals surface area (Å²) in [5.74, 6) is -1.86. The van der Waals surface area contributed by atoms with E-state index in [0.717, 1.165) is 109 Å². The number of urea groups is 1. The Balaban J connectivity index is 0.00000990. The summed E-state index contributed by atoms with van der Waals surface area (Å²) in [5, 5.41) is 56.7. The van der Waals surface area contributed by atoms with Crippen molar-refractivity contribution in [2.75, 3.05) is 10.6 Å². The Morgan fingerprint density at radius 2 is 0.651 bits per heavy atom. The minimum atomic E-state index is -5.28. The van der Waals surface area contributed by atoms with Gasteiger partial charge in [0.25, 0.3) is 60.7 Å². The Labute approximate surface area is 489 Å². The number of fused-ring (bicyclic) bond motifs is 2. The van der Waals surface area contributed by atoms with Crippen LogP contribution in [0, 0.1) is 0 Å². The molecule has 8 aromatic rings. The van der Waals surface area contributed by atoms with Gasteiger partial charge in [0.1, 0.15) is 42.3 Å². The van der Waals surface area contributed by atoms with Crippen LogP contribution in [0.5, 0.6) is 11.5 Å². The summed E-state index contributed by atoms with van der Waals surface area (Å²) in [4.78, 5) is 8.37. The Hall–Kier alpha value is -7.99. The fourth-order valence-corrected chi connectivity index (χ4v) is 10.8. The normalized spacial score (nSPS) is 12.9. The molecule has 0 heterocycles. The SMILES string of the molecule is O=C(Nc1ccc2c(O)c(N=Nc3ccc(N=Nc4ccc(S(=O)(=O)O)cc4)cc3S(=O)(=O)O)c(S(=O)(=O)O)cc2c1)Nc1ccc2c(O)c(N=Nc3ccc(N=Nc4ccc(S(=O)(=O)O)cc4)cc3S(=O)(=O)O)c(S(=O)(=O)O)cc2c1.[Na]. The van der Waals surface area contributed by atoms with Crippen molar-refractivity contribution in [3.63, 3.8) is 0 Å². The number of rotatable bonds is 16. The number of phenolic OH excluding ortho intramolecular Hbond substituents is 2. The molecule has 0 saturated carbocycles. The molecule has 83 heavy (non-hydrogen) atoms. The van der Waals surface area contributed by atoms with Gasteiger partial charge in [-0.05, 0) is 144 Å². The van der Waals surface area contributed by atoms with Crippen LogP contribution in [0.25, 0.3) is 21.5 Å². The van der Waals surface area contributed by atoms with Gasteiger partial charge in [0.2, 0.25) is 0 Å². The van der Waals surface area contributed by atoms with E-state index in [-0.39, 0.29) is 85.2 Å². The van der Waals surface area contributed by atoms with Gasteiger partial charge in [-0.1, -0.05) is 0 Å². The second-order valence-corrected chi connectivity index (χ2v) is 24.9. The van der Waals surface area contributed by atoms with Crippen LogP contribution >= 0.6 is 0 Å². The van der Waals surface area contributed by atoms with Crippen molar-refractivity contribution >= 4 is 175 Å². The third-order valence-corrected chi connectivity index (χ3v) is 16.2. The molecule has 0 aliphatic carbocycles. The Morgan fingerprint density at radius 3 is 0.964 bits per heavy atom. The third-order valence-electron chi connectivity index (χ3n) is 11.0. The van der Waals surface area contributed by atoms with Crippen molar-refractivity contribution in [3.8, 4) is 11.5 Å². The van der Waals surface area contributed by atoms with Gasteiger partial charge in [-0.25, -0.2) is 4.79 Å². The van der Waals surface area contributed by atoms with E-state index in [9.17, 15) is 83.7 Å². The predicted octanol–water partition coefficient (Wildman–Crippen LogP) is 9.81. The molecule has 0 aliphatic heterocycles. The standard InChI is InChI=1S/C45H32N10O21S6.Na/c56-43-33-13-5-27(17-23(33)19-39(81(71,72)73)41(43)54-52-35-15-7-29(21-37(35)79(65,66)67)50-48-25-1-9-31(10-2-25)77(59,60)61)46-45(58)47-28-6-14-34-24(18-28)20-40(82(74,75)76)42(44(34)57)55-53-36-16-8-30(22-38(36)80(68,69)70)51-49-26-3-11-32(12-4-26)78(62,63)64;/h1-22,56-57H,(H2,46,47,58)(H,59,60,61)(H,62,63,64)(H,65,66,67)(H,68,69,70)(H,71,72,73)(H,74,75,76);. The summed E-state index contributed by atoms with van der Waals surface area (Å²) in [5.41, 5.74) is -3.53. The molecule has 0 unspecified atom stereocenters. The van der Waals surface area contributed by atoms with Crippen LogP contribution in [0.3, 0.4) is 0 Å². The maximum absolute atomic E-state index is 13.3. The van der Waals surface area contributed by atoms with Gasteiger partial charge in [-0.2, -0.15) is 71.0 Å². The van der Waals surface area contributed by atoms with E-state index in [1.54, 1.807) is 0 Å². The largest absolute Gasteiger partial charge is 0.505 e. The van der Waals surface area contributed by atoms with Crippen molar-refractivity contribution in [3.05, 3.63) is 133 Å². The molecule has 0 aromatic heterocycles. The maximum atomic E-state index is 13.3. The first-order valence-corrected chi connectivity index (χ1v) is 30.5. The van der Waals surface area contributed by atoms with Gasteiger partial charge < -0.3 is 20.8 Å². The molecule has 0 saturated heterocycles. The number of carbonyl (C=O) groups excluding carboxylic acids is 1. The molecule has 0 spiro atoms. The van der Waals surface area contributed by atoms with Crippen molar-refractivity contribution < 1.29 is 92.8 Å². The summed E-state index contributed by atoms with van der Waals surface area (Å²) in [6, 6.07) is 22.1. The van der Waals surface area contributed by atoms with E-state index in [2.05, 4.69) is 51.5 Å². The van der Waals surface area contributed by atoms with Crippen LogP contribution in [0.1, 0.15) is 0 Å². The molecule has 2 amide bonds. The number of carbonyl (C=O) groups is 1. The molecule has 31 nitrogen and oxygen atoms in total. The Bertz CT molecular complexity index is 4540. The van der Waals surface area contributed by atoms with Crippen molar-refractivity contribution in [2.45, 2.75) is 29.4 Å². The molecule has 0 aliphatic rings. The number of azo groups is 4. The minimum absolute atomic E-state index is 0. The average Bonchev–Trinajstić information content (AvgIpc) is 2.19. The molecule has 38 heteroatoms. The molecule has 0 atom stereocenters. The number of nitrogens with one attached hydrogen (secondary N) is 2. The summed E-state index contributed by atoms with van der Waals surface area (Å²) >= 11 is 0. The number of hydrogen-bond acceptors (Lipinski definition) is 23. The van der Waals surface area contributed by atoms with Crippen LogP contribution in [0.4, 0.5) is 61.7 Å². The van der Waals surface area contributed by atoms with Gasteiger partial charge in [0, 0.05) is 51.7 Å². The molecule has 10 N–H and O–H groups in total. The zero-order chi connectivity index (χ0) is 59.9. The number of benzene rings is 8. The van der Waals surface area contributed by atoms with Crippen LogP contribution in [-0.2, 0) is 60.7 Å². The molecular weight excluding hydrogens is 1230 g/mol. The maximum Gasteiger partial charge on any atom is 0.323 e. The van der Waals surface area contributed by atoms with Crippen LogP contribution < -0.4 is 10.6 Å². The van der Waals surface area contributed by atoms with E-state index in [4.69, 9.17) is 9.11 Å². The summed E-state index contributed by atoms with van der Waals surface area (Å²) in [6.07, 6.45) is 0. The summed E-state index contributed by atoms with van der Waals surface area (Å²) < 4.78 is 204. The predicted molar refractivity (Wildman–Crippen MR) is 291 cm³/mol. The van der Waals surface area contributed by atoms with E-state index in [0.29, 0.717) is 0 Å². The monoisotopic (exact) mass is 1260 g/mol. The average molecular weight is 1260 g/mol. The van der Waals surface area contributed by atoms with E-state index >= 15 is 0 Å². The van der Waals surface area contributed by atoms with Crippen LogP contribution in [-0.4, -0.2) is 124 Å². The van der Waals surface area contributed by atoms with Crippen molar-refractivity contribution in [2.24, 2.45) is 40.9 Å². The summed E-state index contributed by atoms with van der Waals surface area (Å²) in [7, 11) is -29.9. The molecule has 0 bridgehead atoms. The zero-order valence-corrected chi connectivity index (χ0v) is 48.0. The summed E-state index contributed by atoms with van der Waals surface area (Å²) in [6.45, 7) is 0. The first-order valence-electron chi connectivity index (χ1n) is 21.8. The number of hydrogen-bond donors (Lipinski definition) is 10. The molecule has 1 radical (unpaired) electrons. The van der Waals surface area contributed by atoms with Gasteiger partial charge >= 0.3 is 6.03 Å². The minimum Gasteiger partial charge on any atom is -0.505 e. The van der Waals surface area contributed by atoms with Gasteiger partial charge in [0.05, 0.1) is 32.5 Å². The van der Waals surface area contributed by atoms with Crippen molar-refractivity contribution in [1.29, 1.82) is 0 Å². The number of phenols is 2. The first-order chi connectivity index (χ1) is 38.1. The Kier molecular flexibility index (Phi) is 17.9. The number of nitrogens with zero attached hydrogens (tertiary/aromatic N) is 8. The topological polar surface area (TPSA) is 507 Å². The molecule has 0 fully saturated rings. The smallest absolute Gasteiger partial charge is 0.323 e. The van der Waals surface area contributed by atoms with Gasteiger partial charge in [-0.3, -0.25) is 27.3 Å². The van der Waals surface area contributed by atoms with Gasteiger partial charge in [0.15, 0.2) is 11.5 Å². The Morgan fingerprint density at radius 1 is 0.337 bits per heavy atom. The number of aromatic hydroxyl groups is 2. The number of amides is 2.